The lowest BCUT2D eigenvalue weighted by Crippen LogP contribution is -2.28. The van der Waals surface area contributed by atoms with E-state index in [0.29, 0.717) is 11.0 Å². The van der Waals surface area contributed by atoms with E-state index in [1.807, 2.05) is 36.4 Å². The Kier molecular flexibility index (Phi) is 7.60. The predicted octanol–water partition coefficient (Wildman–Crippen LogP) is 2.86. The maximum atomic E-state index is 13.4. The molecule has 4 aromatic rings. The Morgan fingerprint density at radius 1 is 1.07 bits per heavy atom. The Hall–Kier alpha value is -4.97. The smallest absolute Gasteiger partial charge is 0.444 e. The van der Waals surface area contributed by atoms with Gasteiger partial charge in [-0.25, -0.2) is 14.8 Å². The number of nitriles is 1. The number of hydrogen-bond donors (Lipinski definition) is 4. The van der Waals surface area contributed by atoms with Gasteiger partial charge < -0.3 is 19.7 Å². The minimum absolute atomic E-state index is 0.00454. The maximum Gasteiger partial charge on any atom is 0.491 e. The monoisotopic (exact) mass is 556 g/mol. The number of anilines is 4. The summed E-state index contributed by atoms with van der Waals surface area (Å²) in [5.41, 5.74) is 2.67. The molecule has 40 heavy (non-hydrogen) atoms. The molecule has 0 bridgehead atoms. The third-order valence-electron chi connectivity index (χ3n) is 5.78. The second kappa shape index (κ2) is 11.4. The van der Waals surface area contributed by atoms with Crippen LogP contribution in [0.2, 0.25) is 0 Å². The lowest BCUT2D eigenvalue weighted by Gasteiger charge is -2.15. The van der Waals surface area contributed by atoms with Crippen LogP contribution in [0.3, 0.4) is 0 Å². The average Bonchev–Trinajstić information content (AvgIpc) is 3.32. The predicted molar refractivity (Wildman–Crippen MR) is 146 cm³/mol. The van der Waals surface area contributed by atoms with Crippen molar-refractivity contribution in [3.8, 4) is 6.07 Å². The molecule has 4 N–H and O–H groups in total. The van der Waals surface area contributed by atoms with Crippen molar-refractivity contribution in [3.05, 3.63) is 95.8 Å². The fourth-order valence-corrected chi connectivity index (χ4v) is 4.98. The van der Waals surface area contributed by atoms with E-state index < -0.39 is 23.2 Å². The van der Waals surface area contributed by atoms with Crippen LogP contribution in [0.5, 0.6) is 0 Å². The van der Waals surface area contributed by atoms with Crippen LogP contribution in [0.4, 0.5) is 27.7 Å². The number of benzene rings is 2. The molecule has 0 radical (unpaired) electrons. The molecule has 1 aliphatic rings. The molecule has 2 aromatic carbocycles. The van der Waals surface area contributed by atoms with E-state index in [1.54, 1.807) is 12.1 Å². The van der Waals surface area contributed by atoms with Gasteiger partial charge in [-0.15, -0.1) is 0 Å². The molecule has 0 unspecified atom stereocenters. The molecule has 2 aromatic heterocycles. The molecular formula is C26H21BN6O6S. The first-order chi connectivity index (χ1) is 19.3. The van der Waals surface area contributed by atoms with E-state index in [-0.39, 0.29) is 41.1 Å². The molecule has 0 saturated heterocycles. The molecule has 0 fully saturated rings. The molecule has 200 valence electrons. The summed E-state index contributed by atoms with van der Waals surface area (Å²) in [4.78, 5) is 20.6. The lowest BCUT2D eigenvalue weighted by atomic mass is 9.79. The molecule has 5 rings (SSSR count). The van der Waals surface area contributed by atoms with Gasteiger partial charge in [0.2, 0.25) is 0 Å². The zero-order chi connectivity index (χ0) is 28.1. The largest absolute Gasteiger partial charge is 0.491 e. The number of amides is 1. The van der Waals surface area contributed by atoms with Gasteiger partial charge in [0, 0.05) is 11.9 Å². The van der Waals surface area contributed by atoms with Crippen LogP contribution in [-0.2, 0) is 32.6 Å². The van der Waals surface area contributed by atoms with E-state index in [0.717, 1.165) is 11.1 Å². The van der Waals surface area contributed by atoms with E-state index in [2.05, 4.69) is 25.3 Å². The molecule has 3 heterocycles. The number of pyridine rings is 2. The Morgan fingerprint density at radius 3 is 2.65 bits per heavy atom. The molecular weight excluding hydrogens is 535 g/mol. The van der Waals surface area contributed by atoms with E-state index in [4.69, 9.17) is 14.7 Å². The highest BCUT2D eigenvalue weighted by molar-refractivity contribution is 7.92. The Morgan fingerprint density at radius 2 is 1.90 bits per heavy atom. The number of aromatic nitrogens is 2. The molecule has 0 spiro atoms. The van der Waals surface area contributed by atoms with Gasteiger partial charge in [-0.3, -0.25) is 10.0 Å². The van der Waals surface area contributed by atoms with E-state index >= 15 is 0 Å². The lowest BCUT2D eigenvalue weighted by molar-refractivity contribution is 0.155. The third-order valence-corrected chi connectivity index (χ3v) is 7.12. The second-order valence-electron chi connectivity index (χ2n) is 8.61. The first-order valence-corrected chi connectivity index (χ1v) is 13.4. The van der Waals surface area contributed by atoms with Crippen molar-refractivity contribution in [2.24, 2.45) is 0 Å². The maximum absolute atomic E-state index is 13.4. The molecule has 0 atom stereocenters. The number of nitrogens with one attached hydrogen (secondary N) is 3. The zero-order valence-electron chi connectivity index (χ0n) is 20.7. The fourth-order valence-electron chi connectivity index (χ4n) is 3.85. The van der Waals surface area contributed by atoms with Crippen LogP contribution in [-0.4, -0.2) is 36.6 Å². The Balaban J connectivity index is 1.40. The number of fused-ring (bicyclic) bond motifs is 1. The number of sulfonamides is 1. The van der Waals surface area contributed by atoms with Crippen LogP contribution >= 0.6 is 0 Å². The normalized spacial score (nSPS) is 12.2. The van der Waals surface area contributed by atoms with Gasteiger partial charge in [0.1, 0.15) is 18.5 Å². The third kappa shape index (κ3) is 6.19. The van der Waals surface area contributed by atoms with Gasteiger partial charge in [-0.1, -0.05) is 36.4 Å². The molecule has 14 heteroatoms. The van der Waals surface area contributed by atoms with Crippen molar-refractivity contribution in [1.29, 1.82) is 5.26 Å². The van der Waals surface area contributed by atoms with Crippen molar-refractivity contribution >= 4 is 51.6 Å². The van der Waals surface area contributed by atoms with Crippen LogP contribution in [0.25, 0.3) is 0 Å². The second-order valence-corrected chi connectivity index (χ2v) is 10.2. The molecule has 1 amide bonds. The van der Waals surface area contributed by atoms with Crippen molar-refractivity contribution in [2.45, 2.75) is 18.2 Å². The van der Waals surface area contributed by atoms with Gasteiger partial charge in [0.15, 0.2) is 5.03 Å². The average molecular weight is 556 g/mol. The highest BCUT2D eigenvalue weighted by Gasteiger charge is 2.29. The summed E-state index contributed by atoms with van der Waals surface area (Å²) in [5, 5.41) is 24.0. The Bertz CT molecular complexity index is 1700. The van der Waals surface area contributed by atoms with Crippen molar-refractivity contribution in [3.63, 3.8) is 0 Å². The van der Waals surface area contributed by atoms with E-state index in [1.165, 1.54) is 36.7 Å². The van der Waals surface area contributed by atoms with Gasteiger partial charge in [-0.05, 0) is 46.9 Å². The van der Waals surface area contributed by atoms with Gasteiger partial charge in [0.25, 0.3) is 10.0 Å². The minimum atomic E-state index is -4.27. The highest BCUT2D eigenvalue weighted by Crippen LogP contribution is 2.28. The number of rotatable bonds is 8. The van der Waals surface area contributed by atoms with Crippen LogP contribution in [0.1, 0.15) is 16.7 Å². The summed E-state index contributed by atoms with van der Waals surface area (Å²) < 4.78 is 39.7. The number of ether oxygens (including phenoxy) is 1. The van der Waals surface area contributed by atoms with Gasteiger partial charge >= 0.3 is 13.2 Å². The van der Waals surface area contributed by atoms with E-state index in [9.17, 15) is 18.2 Å². The summed E-state index contributed by atoms with van der Waals surface area (Å²) in [6.07, 6.45) is 1.74. The standard InChI is InChI=1S/C26H21BN6O6S/c28-12-18-6-9-24(29-13-18)32-23-11-21(31-26(34)38-15-17-4-2-1-3-5-17)14-30-25(23)40(36,37)33-20-8-7-19-16-39-27(35)22(19)10-20/h1-11,13-14,33,35H,15-16H2,(H,29,32)(H,31,34). The fraction of sp³-hybridized carbons (Fsp3) is 0.0769. The summed E-state index contributed by atoms with van der Waals surface area (Å²) in [6, 6.07) is 20.1. The summed E-state index contributed by atoms with van der Waals surface area (Å²) in [6.45, 7) is 0.260. The van der Waals surface area contributed by atoms with Gasteiger partial charge in [-0.2, -0.15) is 13.7 Å². The summed E-state index contributed by atoms with van der Waals surface area (Å²) >= 11 is 0. The first-order valence-electron chi connectivity index (χ1n) is 11.9. The van der Waals surface area contributed by atoms with Crippen LogP contribution in [0, 0.1) is 11.3 Å². The van der Waals surface area contributed by atoms with Crippen LogP contribution < -0.4 is 20.8 Å². The minimum Gasteiger partial charge on any atom is -0.444 e. The summed E-state index contributed by atoms with van der Waals surface area (Å²) in [5.74, 6) is 0.235. The number of carbonyl (C=O) groups excluding carboxylic acids is 1. The highest BCUT2D eigenvalue weighted by atomic mass is 32.2. The number of nitrogens with zero attached hydrogens (tertiary/aromatic N) is 3. The van der Waals surface area contributed by atoms with Gasteiger partial charge in [0.05, 0.1) is 29.7 Å². The first kappa shape index (κ1) is 26.6. The van der Waals surface area contributed by atoms with Crippen molar-refractivity contribution < 1.29 is 27.6 Å². The molecule has 12 nitrogen and oxygen atoms in total. The zero-order valence-corrected chi connectivity index (χ0v) is 21.6. The number of hydrogen-bond acceptors (Lipinski definition) is 10. The number of carbonyl (C=O) groups is 1. The molecule has 0 saturated carbocycles. The quantitative estimate of drug-likeness (QED) is 0.236. The van der Waals surface area contributed by atoms with Crippen LogP contribution in [0.15, 0.2) is 84.1 Å². The Labute approximate surface area is 229 Å². The topological polar surface area (TPSA) is 176 Å². The molecule has 0 aliphatic carbocycles. The van der Waals surface area contributed by atoms with Crippen molar-refractivity contribution in [1.82, 2.24) is 9.97 Å². The summed E-state index contributed by atoms with van der Waals surface area (Å²) in [7, 11) is -5.42. The molecule has 1 aliphatic heterocycles. The van der Waals surface area contributed by atoms with Crippen molar-refractivity contribution in [2.75, 3.05) is 15.4 Å². The SMILES string of the molecule is N#Cc1ccc(Nc2cc(NC(=O)OCc3ccccc3)cnc2S(=O)(=O)Nc2ccc3c(c2)B(O)OC3)nc1.